The second-order valence-corrected chi connectivity index (χ2v) is 8.32. The maximum absolute atomic E-state index is 13.2. The summed E-state index contributed by atoms with van der Waals surface area (Å²) in [6.07, 6.45) is 0. The maximum atomic E-state index is 13.2. The number of benzene rings is 2. The van der Waals surface area contributed by atoms with Gasteiger partial charge in [-0.2, -0.15) is 0 Å². The van der Waals surface area contributed by atoms with Crippen LogP contribution in [0, 0.1) is 12.7 Å². The average Bonchev–Trinajstić information content (AvgIpc) is 2.75. The first-order valence-electron chi connectivity index (χ1n) is 10.6. The minimum atomic E-state index is -0.247. The average molecular weight is 431 g/mol. The van der Waals surface area contributed by atoms with Gasteiger partial charge in [0.2, 0.25) is 0 Å². The SMILES string of the molecule is Cc1cc(CO)c(OCC(=O)N2C[C@H](C)N(Cc3ccc(F)cc3)C[C@H]2C)c(CO)c1. The first-order chi connectivity index (χ1) is 14.8. The molecule has 2 aromatic carbocycles. The number of piperazine rings is 1. The molecule has 6 nitrogen and oxygen atoms in total. The quantitative estimate of drug-likeness (QED) is 0.707. The van der Waals surface area contributed by atoms with Gasteiger partial charge in [-0.1, -0.05) is 29.8 Å². The van der Waals surface area contributed by atoms with E-state index in [1.165, 1.54) is 12.1 Å². The molecular weight excluding hydrogens is 399 g/mol. The molecule has 0 radical (unpaired) electrons. The molecular formula is C24H31FN2O4. The number of carbonyl (C=O) groups excluding carboxylic acids is 1. The summed E-state index contributed by atoms with van der Waals surface area (Å²) in [6, 6.07) is 10.2. The Labute approximate surface area is 182 Å². The van der Waals surface area contributed by atoms with E-state index in [1.807, 2.05) is 18.7 Å². The van der Waals surface area contributed by atoms with Crippen molar-refractivity contribution in [3.63, 3.8) is 0 Å². The number of hydrogen-bond donors (Lipinski definition) is 2. The number of aliphatic hydroxyl groups excluding tert-OH is 2. The van der Waals surface area contributed by atoms with Gasteiger partial charge in [-0.15, -0.1) is 0 Å². The summed E-state index contributed by atoms with van der Waals surface area (Å²) in [6.45, 7) is 7.32. The van der Waals surface area contributed by atoms with Gasteiger partial charge in [-0.25, -0.2) is 4.39 Å². The predicted octanol–water partition coefficient (Wildman–Crippen LogP) is 2.62. The molecule has 1 aliphatic heterocycles. The molecule has 0 aromatic heterocycles. The molecule has 7 heteroatoms. The topological polar surface area (TPSA) is 73.2 Å². The lowest BCUT2D eigenvalue weighted by Gasteiger charge is -2.44. The van der Waals surface area contributed by atoms with Crippen molar-refractivity contribution in [3.05, 3.63) is 64.5 Å². The standard InChI is InChI=1S/C24H31FN2O4/c1-16-8-20(13-28)24(21(9-16)14-29)31-15-23(30)27-11-17(2)26(10-18(27)3)12-19-4-6-22(25)7-5-19/h4-9,17-18,28-29H,10-15H2,1-3H3/t17-,18+/m0/s1. The lowest BCUT2D eigenvalue weighted by atomic mass is 10.1. The Bertz CT molecular complexity index is 878. The van der Waals surface area contributed by atoms with Crippen LogP contribution in [0.4, 0.5) is 4.39 Å². The summed E-state index contributed by atoms with van der Waals surface area (Å²) in [5.74, 6) is -0.00314. The van der Waals surface area contributed by atoms with Gasteiger partial charge in [0.15, 0.2) is 6.61 Å². The number of carbonyl (C=O) groups is 1. The van der Waals surface area contributed by atoms with Gasteiger partial charge >= 0.3 is 0 Å². The van der Waals surface area contributed by atoms with Crippen LogP contribution in [0.15, 0.2) is 36.4 Å². The lowest BCUT2D eigenvalue weighted by Crippen LogP contribution is -2.58. The van der Waals surface area contributed by atoms with Crippen molar-refractivity contribution in [2.45, 2.75) is 52.6 Å². The van der Waals surface area contributed by atoms with Crippen LogP contribution < -0.4 is 4.74 Å². The molecule has 1 saturated heterocycles. The van der Waals surface area contributed by atoms with Crippen LogP contribution >= 0.6 is 0 Å². The van der Waals surface area contributed by atoms with E-state index < -0.39 is 0 Å². The van der Waals surface area contributed by atoms with Crippen molar-refractivity contribution < 1.29 is 24.1 Å². The van der Waals surface area contributed by atoms with Crippen molar-refractivity contribution in [1.82, 2.24) is 9.80 Å². The summed E-state index contributed by atoms with van der Waals surface area (Å²) in [5, 5.41) is 19.3. The van der Waals surface area contributed by atoms with Gasteiger partial charge in [0.05, 0.1) is 13.2 Å². The predicted molar refractivity (Wildman–Crippen MR) is 116 cm³/mol. The Morgan fingerprint density at radius 1 is 1.06 bits per heavy atom. The maximum Gasteiger partial charge on any atom is 0.260 e. The van der Waals surface area contributed by atoms with Crippen molar-refractivity contribution >= 4 is 5.91 Å². The van der Waals surface area contributed by atoms with Gasteiger partial charge in [-0.05, 0) is 38.5 Å². The smallest absolute Gasteiger partial charge is 0.260 e. The molecule has 31 heavy (non-hydrogen) atoms. The van der Waals surface area contributed by atoms with Gasteiger partial charge in [0, 0.05) is 42.8 Å². The number of aryl methyl sites for hydroxylation is 1. The Morgan fingerprint density at radius 2 is 1.68 bits per heavy atom. The van der Waals surface area contributed by atoms with Crippen LogP contribution in [0.3, 0.4) is 0 Å². The Kier molecular flexibility index (Phi) is 7.64. The van der Waals surface area contributed by atoms with Gasteiger partial charge in [0.25, 0.3) is 5.91 Å². The third kappa shape index (κ3) is 5.61. The largest absolute Gasteiger partial charge is 0.483 e. The number of hydrogen-bond acceptors (Lipinski definition) is 5. The Balaban J connectivity index is 1.62. The fraction of sp³-hybridized carbons (Fsp3) is 0.458. The van der Waals surface area contributed by atoms with E-state index in [9.17, 15) is 19.4 Å². The lowest BCUT2D eigenvalue weighted by molar-refractivity contribution is -0.139. The minimum absolute atomic E-state index is 0.000362. The molecule has 1 fully saturated rings. The molecule has 0 aliphatic carbocycles. The number of halogens is 1. The van der Waals surface area contributed by atoms with Crippen LogP contribution in [0.25, 0.3) is 0 Å². The van der Waals surface area contributed by atoms with E-state index in [4.69, 9.17) is 4.74 Å². The molecule has 2 atom stereocenters. The van der Waals surface area contributed by atoms with Crippen LogP contribution in [0.5, 0.6) is 5.75 Å². The fourth-order valence-corrected chi connectivity index (χ4v) is 4.16. The van der Waals surface area contributed by atoms with E-state index in [-0.39, 0.29) is 43.6 Å². The Morgan fingerprint density at radius 3 is 2.26 bits per heavy atom. The van der Waals surface area contributed by atoms with E-state index >= 15 is 0 Å². The zero-order valence-corrected chi connectivity index (χ0v) is 18.3. The van der Waals surface area contributed by atoms with E-state index in [2.05, 4.69) is 11.8 Å². The number of rotatable bonds is 7. The summed E-state index contributed by atoms with van der Waals surface area (Å²) in [4.78, 5) is 17.0. The van der Waals surface area contributed by atoms with Crippen molar-refractivity contribution in [2.24, 2.45) is 0 Å². The second kappa shape index (κ2) is 10.2. The van der Waals surface area contributed by atoms with Crippen molar-refractivity contribution in [3.8, 4) is 5.75 Å². The highest BCUT2D eigenvalue weighted by Crippen LogP contribution is 2.27. The zero-order valence-electron chi connectivity index (χ0n) is 18.3. The van der Waals surface area contributed by atoms with Crippen LogP contribution in [-0.2, 0) is 24.6 Å². The summed E-state index contributed by atoms with van der Waals surface area (Å²) >= 11 is 0. The molecule has 1 amide bonds. The Hall–Kier alpha value is -2.48. The van der Waals surface area contributed by atoms with Crippen LogP contribution in [0.2, 0.25) is 0 Å². The van der Waals surface area contributed by atoms with Crippen LogP contribution in [-0.4, -0.2) is 57.7 Å². The van der Waals surface area contributed by atoms with Crippen LogP contribution in [0.1, 0.15) is 36.1 Å². The summed E-state index contributed by atoms with van der Waals surface area (Å²) < 4.78 is 18.9. The fourth-order valence-electron chi connectivity index (χ4n) is 4.16. The third-order valence-corrected chi connectivity index (χ3v) is 5.80. The number of aliphatic hydroxyl groups is 2. The number of ether oxygens (including phenoxy) is 1. The van der Waals surface area contributed by atoms with Gasteiger partial charge in [0.1, 0.15) is 11.6 Å². The zero-order chi connectivity index (χ0) is 22.5. The molecule has 2 aromatic rings. The third-order valence-electron chi connectivity index (χ3n) is 5.80. The number of amides is 1. The highest BCUT2D eigenvalue weighted by atomic mass is 19.1. The molecule has 3 rings (SSSR count). The molecule has 2 N–H and O–H groups in total. The van der Waals surface area contributed by atoms with E-state index in [0.717, 1.165) is 11.1 Å². The molecule has 1 aliphatic rings. The van der Waals surface area contributed by atoms with E-state index in [0.29, 0.717) is 36.5 Å². The molecule has 0 saturated carbocycles. The summed E-state index contributed by atoms with van der Waals surface area (Å²) in [7, 11) is 0. The minimum Gasteiger partial charge on any atom is -0.483 e. The number of nitrogens with zero attached hydrogens (tertiary/aromatic N) is 2. The highest BCUT2D eigenvalue weighted by molar-refractivity contribution is 5.78. The molecule has 0 bridgehead atoms. The van der Waals surface area contributed by atoms with Crippen molar-refractivity contribution in [1.29, 1.82) is 0 Å². The van der Waals surface area contributed by atoms with Gasteiger partial charge < -0.3 is 19.8 Å². The first-order valence-corrected chi connectivity index (χ1v) is 10.6. The molecule has 0 spiro atoms. The van der Waals surface area contributed by atoms with Crippen molar-refractivity contribution in [2.75, 3.05) is 19.7 Å². The highest BCUT2D eigenvalue weighted by Gasteiger charge is 2.32. The molecule has 0 unspecified atom stereocenters. The normalized spacial score (nSPS) is 19.5. The summed E-state index contributed by atoms with van der Waals surface area (Å²) in [5.41, 5.74) is 3.06. The molecule has 1 heterocycles. The van der Waals surface area contributed by atoms with E-state index in [1.54, 1.807) is 24.3 Å². The molecule has 168 valence electrons. The monoisotopic (exact) mass is 430 g/mol. The first kappa shape index (κ1) is 23.2. The second-order valence-electron chi connectivity index (χ2n) is 8.32. The van der Waals surface area contributed by atoms with Gasteiger partial charge in [-0.3, -0.25) is 9.69 Å².